The van der Waals surface area contributed by atoms with Gasteiger partial charge in [0, 0.05) is 5.92 Å². The lowest BCUT2D eigenvalue weighted by atomic mass is 9.85. The Labute approximate surface area is 106 Å². The first kappa shape index (κ1) is 13.7. The molecule has 1 rings (SSSR count). The molecule has 0 bridgehead atoms. The predicted molar refractivity (Wildman–Crippen MR) is 65.1 cm³/mol. The summed E-state index contributed by atoms with van der Waals surface area (Å²) < 4.78 is 4.88. The number of hydrogen-bond acceptors (Lipinski definition) is 4. The largest absolute Gasteiger partial charge is 0.466 e. The number of hydrogen-bond donors (Lipinski definition) is 0. The van der Waals surface area contributed by atoms with E-state index in [0.717, 1.165) is 5.56 Å². The number of esters is 1. The highest BCUT2D eigenvalue weighted by molar-refractivity contribution is 5.70. The molecule has 0 saturated carbocycles. The molecular weight excluding hydrogens is 228 g/mol. The van der Waals surface area contributed by atoms with Crippen LogP contribution in [0.5, 0.6) is 0 Å². The smallest absolute Gasteiger partial charge is 0.306 e. The Morgan fingerprint density at radius 2 is 1.89 bits per heavy atom. The van der Waals surface area contributed by atoms with E-state index in [-0.39, 0.29) is 12.4 Å². The van der Waals surface area contributed by atoms with Gasteiger partial charge < -0.3 is 4.74 Å². The molecule has 0 aliphatic heterocycles. The van der Waals surface area contributed by atoms with E-state index in [1.54, 1.807) is 6.92 Å². The first-order valence-electron chi connectivity index (χ1n) is 5.72. The first-order valence-corrected chi connectivity index (χ1v) is 5.72. The van der Waals surface area contributed by atoms with Gasteiger partial charge >= 0.3 is 5.97 Å². The highest BCUT2D eigenvalue weighted by Crippen LogP contribution is 2.28. The highest BCUT2D eigenvalue weighted by atomic mass is 16.5. The maximum absolute atomic E-state index is 11.5. The summed E-state index contributed by atoms with van der Waals surface area (Å²) >= 11 is 0. The fraction of sp³-hybridized carbons (Fsp3) is 0.357. The van der Waals surface area contributed by atoms with Crippen LogP contribution in [-0.2, 0) is 9.53 Å². The topological polar surface area (TPSA) is 73.9 Å². The highest BCUT2D eigenvalue weighted by Gasteiger charge is 2.26. The Bertz CT molecular complexity index is 457. The van der Waals surface area contributed by atoms with E-state index in [1.807, 2.05) is 42.5 Å². The molecule has 1 unspecified atom stereocenters. The predicted octanol–water partition coefficient (Wildman–Crippen LogP) is 2.39. The fourth-order valence-corrected chi connectivity index (χ4v) is 1.74. The van der Waals surface area contributed by atoms with Crippen LogP contribution in [-0.4, -0.2) is 12.6 Å². The van der Waals surface area contributed by atoms with Crippen LogP contribution >= 0.6 is 0 Å². The van der Waals surface area contributed by atoms with Gasteiger partial charge in [-0.2, -0.15) is 10.5 Å². The minimum absolute atomic E-state index is 0.0453. The second-order valence-electron chi connectivity index (χ2n) is 3.76. The van der Waals surface area contributed by atoms with Gasteiger partial charge in [-0.3, -0.25) is 4.79 Å². The van der Waals surface area contributed by atoms with Gasteiger partial charge in [0.2, 0.25) is 0 Å². The van der Waals surface area contributed by atoms with Gasteiger partial charge in [-0.1, -0.05) is 30.3 Å². The average Bonchev–Trinajstić information content (AvgIpc) is 2.40. The molecule has 0 saturated heterocycles. The van der Waals surface area contributed by atoms with Gasteiger partial charge in [0.1, 0.15) is 5.92 Å². The third kappa shape index (κ3) is 3.61. The zero-order valence-electron chi connectivity index (χ0n) is 10.2. The molecule has 0 amide bonds. The van der Waals surface area contributed by atoms with Gasteiger partial charge in [-0.05, 0) is 12.5 Å². The Kier molecular flexibility index (Phi) is 5.41. The second-order valence-corrected chi connectivity index (χ2v) is 3.76. The molecule has 0 radical (unpaired) electrons. The van der Waals surface area contributed by atoms with Crippen molar-refractivity contribution in [3.63, 3.8) is 0 Å². The zero-order valence-corrected chi connectivity index (χ0v) is 10.2. The molecule has 4 nitrogen and oxygen atoms in total. The summed E-state index contributed by atoms with van der Waals surface area (Å²) in [4.78, 5) is 11.5. The zero-order chi connectivity index (χ0) is 13.4. The lowest BCUT2D eigenvalue weighted by Crippen LogP contribution is -2.16. The van der Waals surface area contributed by atoms with Crippen molar-refractivity contribution in [2.45, 2.75) is 19.3 Å². The van der Waals surface area contributed by atoms with Crippen LogP contribution in [0.15, 0.2) is 30.3 Å². The lowest BCUT2D eigenvalue weighted by Gasteiger charge is -2.16. The van der Waals surface area contributed by atoms with Crippen LogP contribution in [0.4, 0.5) is 0 Å². The Hall–Kier alpha value is -2.33. The number of ether oxygens (including phenoxy) is 1. The number of benzene rings is 1. The summed E-state index contributed by atoms with van der Waals surface area (Å²) in [6.07, 6.45) is 0.0453. The number of carbonyl (C=O) groups excluding carboxylic acids is 1. The molecule has 1 aromatic rings. The van der Waals surface area contributed by atoms with E-state index in [1.165, 1.54) is 0 Å². The molecule has 1 aromatic carbocycles. The van der Waals surface area contributed by atoms with Crippen LogP contribution in [0.1, 0.15) is 24.8 Å². The SMILES string of the molecule is CCOC(=O)CC(c1ccccc1)C(C#N)C#N. The molecular formula is C14H14N2O2. The number of nitrogens with zero attached hydrogens (tertiary/aromatic N) is 2. The monoisotopic (exact) mass is 242 g/mol. The van der Waals surface area contributed by atoms with E-state index in [0.29, 0.717) is 6.61 Å². The summed E-state index contributed by atoms with van der Waals surface area (Å²) in [5.74, 6) is -1.68. The van der Waals surface area contributed by atoms with E-state index < -0.39 is 11.8 Å². The molecule has 18 heavy (non-hydrogen) atoms. The maximum atomic E-state index is 11.5. The molecule has 0 spiro atoms. The van der Waals surface area contributed by atoms with Crippen molar-refractivity contribution in [2.75, 3.05) is 6.61 Å². The first-order chi connectivity index (χ1) is 8.72. The van der Waals surface area contributed by atoms with E-state index in [9.17, 15) is 4.79 Å². The Morgan fingerprint density at radius 1 is 1.28 bits per heavy atom. The van der Waals surface area contributed by atoms with Crippen molar-refractivity contribution < 1.29 is 9.53 Å². The van der Waals surface area contributed by atoms with Crippen LogP contribution in [0.25, 0.3) is 0 Å². The van der Waals surface area contributed by atoms with Crippen LogP contribution in [0.2, 0.25) is 0 Å². The summed E-state index contributed by atoms with van der Waals surface area (Å²) in [5.41, 5.74) is 0.804. The Balaban J connectivity index is 2.94. The molecule has 1 atom stereocenters. The van der Waals surface area contributed by atoms with E-state index >= 15 is 0 Å². The van der Waals surface area contributed by atoms with Gasteiger partial charge in [-0.25, -0.2) is 0 Å². The van der Waals surface area contributed by atoms with E-state index in [4.69, 9.17) is 15.3 Å². The minimum Gasteiger partial charge on any atom is -0.466 e. The quantitative estimate of drug-likeness (QED) is 0.743. The fourth-order valence-electron chi connectivity index (χ4n) is 1.74. The molecule has 0 aliphatic rings. The van der Waals surface area contributed by atoms with Crippen LogP contribution in [0.3, 0.4) is 0 Å². The lowest BCUT2D eigenvalue weighted by molar-refractivity contribution is -0.143. The maximum Gasteiger partial charge on any atom is 0.306 e. The molecule has 4 heteroatoms. The van der Waals surface area contributed by atoms with E-state index in [2.05, 4.69) is 0 Å². The third-order valence-electron chi connectivity index (χ3n) is 2.60. The summed E-state index contributed by atoms with van der Waals surface area (Å²) in [7, 11) is 0. The second kappa shape index (κ2) is 7.09. The standard InChI is InChI=1S/C14H14N2O2/c1-2-18-14(17)8-13(12(9-15)10-16)11-6-4-3-5-7-11/h3-7,12-13H,2,8H2,1H3. The summed E-state index contributed by atoms with van der Waals surface area (Å²) in [6, 6.07) is 13.0. The van der Waals surface area contributed by atoms with Crippen LogP contribution in [0, 0.1) is 28.6 Å². The van der Waals surface area contributed by atoms with Crippen molar-refractivity contribution in [1.82, 2.24) is 0 Å². The average molecular weight is 242 g/mol. The molecule has 0 N–H and O–H groups in total. The minimum atomic E-state index is -0.850. The number of nitriles is 2. The molecule has 92 valence electrons. The molecule has 0 aliphatic carbocycles. The van der Waals surface area contributed by atoms with Crippen LogP contribution < -0.4 is 0 Å². The number of carbonyl (C=O) groups is 1. The van der Waals surface area contributed by atoms with Crippen molar-refractivity contribution in [1.29, 1.82) is 10.5 Å². The summed E-state index contributed by atoms with van der Waals surface area (Å²) in [6.45, 7) is 2.02. The molecule has 0 heterocycles. The summed E-state index contributed by atoms with van der Waals surface area (Å²) in [5, 5.41) is 18.0. The number of rotatable bonds is 5. The van der Waals surface area contributed by atoms with Crippen molar-refractivity contribution in [2.24, 2.45) is 5.92 Å². The van der Waals surface area contributed by atoms with Crippen molar-refractivity contribution in [3.05, 3.63) is 35.9 Å². The normalized spacial score (nSPS) is 11.3. The van der Waals surface area contributed by atoms with Crippen molar-refractivity contribution in [3.8, 4) is 12.1 Å². The Morgan fingerprint density at radius 3 is 2.39 bits per heavy atom. The van der Waals surface area contributed by atoms with Gasteiger partial charge in [0.05, 0.1) is 25.2 Å². The van der Waals surface area contributed by atoms with Crippen molar-refractivity contribution >= 4 is 5.97 Å². The molecule has 0 fully saturated rings. The van der Waals surface area contributed by atoms with Gasteiger partial charge in [0.25, 0.3) is 0 Å². The van der Waals surface area contributed by atoms with Gasteiger partial charge in [0.15, 0.2) is 0 Å². The van der Waals surface area contributed by atoms with Gasteiger partial charge in [-0.15, -0.1) is 0 Å². The third-order valence-corrected chi connectivity index (χ3v) is 2.60. The molecule has 0 aromatic heterocycles.